The number of carbonyl (C=O) groups is 3. The molecule has 3 aliphatic rings. The Morgan fingerprint density at radius 3 is 1.91 bits per heavy atom. The molecular formula is C41H48N8O4. The van der Waals surface area contributed by atoms with Crippen molar-refractivity contribution in [3.8, 4) is 33.6 Å². The number of nitrogens with one attached hydrogen (secondary N) is 3. The molecule has 5 heterocycles. The molecule has 0 aliphatic carbocycles. The van der Waals surface area contributed by atoms with Gasteiger partial charge in [-0.1, -0.05) is 68.5 Å². The van der Waals surface area contributed by atoms with Crippen LogP contribution in [0.3, 0.4) is 0 Å². The Kier molecular flexibility index (Phi) is 10.8. The van der Waals surface area contributed by atoms with Crippen molar-refractivity contribution in [2.45, 2.75) is 76.9 Å². The Bertz CT molecular complexity index is 1960. The number of aromatic nitrogens is 4. The lowest BCUT2D eigenvalue weighted by atomic mass is 9.99. The summed E-state index contributed by atoms with van der Waals surface area (Å²) in [5, 5.41) is 2.70. The number of imidazole rings is 2. The van der Waals surface area contributed by atoms with Crippen LogP contribution in [-0.2, 0) is 14.3 Å². The highest BCUT2D eigenvalue weighted by molar-refractivity contribution is 5.86. The molecule has 7 rings (SSSR count). The number of rotatable bonds is 11. The lowest BCUT2D eigenvalue weighted by Crippen LogP contribution is -2.51. The maximum atomic E-state index is 13.5. The van der Waals surface area contributed by atoms with Gasteiger partial charge in [-0.15, -0.1) is 0 Å². The van der Waals surface area contributed by atoms with E-state index in [0.717, 1.165) is 90.4 Å². The molecule has 4 atom stereocenters. The molecule has 3 aliphatic heterocycles. The van der Waals surface area contributed by atoms with Gasteiger partial charge < -0.3 is 29.8 Å². The fraction of sp³-hybridized carbons (Fsp3) is 0.415. The van der Waals surface area contributed by atoms with Gasteiger partial charge in [0.25, 0.3) is 0 Å². The predicted octanol–water partition coefficient (Wildman–Crippen LogP) is 7.23. The van der Waals surface area contributed by atoms with Crippen LogP contribution in [0.2, 0.25) is 0 Å². The number of nitrogens with zero attached hydrogens (tertiary/aromatic N) is 5. The van der Waals surface area contributed by atoms with E-state index in [-0.39, 0.29) is 29.8 Å². The SMILES string of the molecule is COC(=O)N[C@H](C(=O)N1CCC[C@H]1c1ncc(-c2ccc(-c3ccc(-c4cnc([C@@H]5CCCN5C(=O)CCC5C=NC=CC5)[nH]4)cc3)cc2)[nH]1)C(C)C. The Balaban J connectivity index is 0.975. The highest BCUT2D eigenvalue weighted by Crippen LogP contribution is 2.35. The van der Waals surface area contributed by atoms with Crippen molar-refractivity contribution in [2.24, 2.45) is 16.8 Å². The Morgan fingerprint density at radius 1 is 0.830 bits per heavy atom. The van der Waals surface area contributed by atoms with E-state index in [4.69, 9.17) is 9.72 Å². The molecule has 0 saturated carbocycles. The van der Waals surface area contributed by atoms with Crippen LogP contribution >= 0.6 is 0 Å². The third kappa shape index (κ3) is 7.96. The number of allylic oxidation sites excluding steroid dienone is 1. The maximum absolute atomic E-state index is 13.5. The highest BCUT2D eigenvalue weighted by atomic mass is 16.5. The lowest BCUT2D eigenvalue weighted by Gasteiger charge is -2.30. The van der Waals surface area contributed by atoms with Crippen molar-refractivity contribution in [2.75, 3.05) is 20.2 Å². The van der Waals surface area contributed by atoms with Crippen LogP contribution in [0.5, 0.6) is 0 Å². The number of aromatic amines is 2. The summed E-state index contributed by atoms with van der Waals surface area (Å²) in [5.41, 5.74) is 6.03. The van der Waals surface area contributed by atoms with Gasteiger partial charge in [0, 0.05) is 31.9 Å². The van der Waals surface area contributed by atoms with E-state index >= 15 is 0 Å². The second-order valence-electron chi connectivity index (χ2n) is 14.5. The number of benzene rings is 2. The minimum absolute atomic E-state index is 0.0212. The molecule has 3 amide bonds. The molecule has 3 N–H and O–H groups in total. The van der Waals surface area contributed by atoms with Gasteiger partial charge in [-0.25, -0.2) is 14.8 Å². The standard InChI is InChI=1S/C41H48N8O4/c1-26(2)37(47-41(52)53-3)40(51)49-22-6-9-35(49)39-44-25-33(46-39)31-17-13-29(14-18-31)28-11-15-30(16-12-28)32-24-43-38(45-32)34-8-5-21-48(34)36(50)19-10-27-7-4-20-42-23-27/h4,11-18,20,23-27,34-35,37H,5-10,19,21-22H2,1-3H3,(H,43,45)(H,44,46)(H,47,52)/t27?,34-,35-,37-/m0/s1. The van der Waals surface area contributed by atoms with E-state index in [0.29, 0.717) is 18.9 Å². The minimum Gasteiger partial charge on any atom is -0.453 e. The summed E-state index contributed by atoms with van der Waals surface area (Å²) in [4.78, 5) is 63.0. The first-order valence-electron chi connectivity index (χ1n) is 18.7. The predicted molar refractivity (Wildman–Crippen MR) is 204 cm³/mol. The van der Waals surface area contributed by atoms with Crippen LogP contribution in [0, 0.1) is 11.8 Å². The fourth-order valence-corrected chi connectivity index (χ4v) is 7.71. The Labute approximate surface area is 310 Å². The summed E-state index contributed by atoms with van der Waals surface area (Å²) in [6, 6.07) is 15.9. The molecule has 0 radical (unpaired) electrons. The molecule has 12 heteroatoms. The van der Waals surface area contributed by atoms with Crippen LogP contribution in [0.15, 0.2) is 78.2 Å². The third-order valence-electron chi connectivity index (χ3n) is 10.7. The second kappa shape index (κ2) is 16.0. The van der Waals surface area contributed by atoms with E-state index in [1.54, 1.807) is 0 Å². The molecule has 4 aromatic rings. The van der Waals surface area contributed by atoms with E-state index in [1.807, 2.05) is 48.5 Å². The molecular weight excluding hydrogens is 669 g/mol. The zero-order chi connectivity index (χ0) is 36.9. The monoisotopic (exact) mass is 716 g/mol. The largest absolute Gasteiger partial charge is 0.453 e. The lowest BCUT2D eigenvalue weighted by molar-refractivity contribution is -0.135. The molecule has 0 bridgehead atoms. The number of amides is 3. The summed E-state index contributed by atoms with van der Waals surface area (Å²) in [5.74, 6) is 1.89. The van der Waals surface area contributed by atoms with Gasteiger partial charge in [0.15, 0.2) is 0 Å². The van der Waals surface area contributed by atoms with E-state index in [2.05, 4.69) is 79.9 Å². The first-order chi connectivity index (χ1) is 25.8. The molecule has 2 saturated heterocycles. The second-order valence-corrected chi connectivity index (χ2v) is 14.5. The number of H-pyrrole nitrogens is 2. The third-order valence-corrected chi connectivity index (χ3v) is 10.7. The van der Waals surface area contributed by atoms with Gasteiger partial charge in [0.1, 0.15) is 17.7 Å². The molecule has 53 heavy (non-hydrogen) atoms. The fourth-order valence-electron chi connectivity index (χ4n) is 7.71. The summed E-state index contributed by atoms with van der Waals surface area (Å²) in [6.45, 7) is 5.19. The smallest absolute Gasteiger partial charge is 0.407 e. The molecule has 2 fully saturated rings. The average molecular weight is 717 g/mol. The van der Waals surface area contributed by atoms with Crippen molar-refractivity contribution in [3.63, 3.8) is 0 Å². The van der Waals surface area contributed by atoms with E-state index < -0.39 is 12.1 Å². The summed E-state index contributed by atoms with van der Waals surface area (Å²) < 4.78 is 4.76. The van der Waals surface area contributed by atoms with Crippen molar-refractivity contribution in [1.82, 2.24) is 35.1 Å². The van der Waals surface area contributed by atoms with Gasteiger partial charge in [-0.05, 0) is 72.6 Å². The van der Waals surface area contributed by atoms with Gasteiger partial charge in [0.2, 0.25) is 11.8 Å². The summed E-state index contributed by atoms with van der Waals surface area (Å²) in [6.07, 6.45) is 14.8. The molecule has 12 nitrogen and oxygen atoms in total. The number of alkyl carbamates (subject to hydrolysis) is 1. The van der Waals surface area contributed by atoms with Crippen molar-refractivity contribution in [3.05, 3.63) is 84.8 Å². The zero-order valence-electron chi connectivity index (χ0n) is 30.6. The number of hydrogen-bond donors (Lipinski definition) is 3. The van der Waals surface area contributed by atoms with Crippen molar-refractivity contribution < 1.29 is 19.1 Å². The van der Waals surface area contributed by atoms with E-state index in [1.165, 1.54) is 7.11 Å². The number of hydrogen-bond acceptors (Lipinski definition) is 7. The van der Waals surface area contributed by atoms with Gasteiger partial charge in [-0.2, -0.15) is 0 Å². The maximum Gasteiger partial charge on any atom is 0.407 e. The van der Waals surface area contributed by atoms with Gasteiger partial charge in [0.05, 0.1) is 43.0 Å². The van der Waals surface area contributed by atoms with E-state index in [9.17, 15) is 14.4 Å². The van der Waals surface area contributed by atoms with Crippen molar-refractivity contribution in [1.29, 1.82) is 0 Å². The topological polar surface area (TPSA) is 149 Å². The number of likely N-dealkylation sites (tertiary alicyclic amines) is 2. The first kappa shape index (κ1) is 35.9. The molecule has 2 aromatic carbocycles. The van der Waals surface area contributed by atoms with Crippen LogP contribution < -0.4 is 5.32 Å². The van der Waals surface area contributed by atoms with Crippen molar-refractivity contribution >= 4 is 24.1 Å². The van der Waals surface area contributed by atoms with Crippen LogP contribution in [-0.4, -0.2) is 80.1 Å². The summed E-state index contributed by atoms with van der Waals surface area (Å²) >= 11 is 0. The zero-order valence-corrected chi connectivity index (χ0v) is 30.6. The number of carbonyl (C=O) groups excluding carboxylic acids is 3. The number of methoxy groups -OCH3 is 1. The number of ether oxygens (including phenoxy) is 1. The van der Waals surface area contributed by atoms with Gasteiger partial charge >= 0.3 is 6.09 Å². The molecule has 2 aromatic heterocycles. The van der Waals surface area contributed by atoms with Crippen LogP contribution in [0.1, 0.15) is 82.5 Å². The molecule has 276 valence electrons. The van der Waals surface area contributed by atoms with Crippen LogP contribution in [0.25, 0.3) is 33.6 Å². The quantitative estimate of drug-likeness (QED) is 0.149. The Morgan fingerprint density at radius 2 is 1.38 bits per heavy atom. The average Bonchev–Trinajstić information content (AvgIpc) is 4.03. The van der Waals surface area contributed by atoms with Crippen LogP contribution in [0.4, 0.5) is 4.79 Å². The first-order valence-corrected chi connectivity index (χ1v) is 18.7. The molecule has 0 spiro atoms. The summed E-state index contributed by atoms with van der Waals surface area (Å²) in [7, 11) is 1.30. The van der Waals surface area contributed by atoms with Gasteiger partial charge in [-0.3, -0.25) is 14.6 Å². The Hall–Kier alpha value is -5.52. The molecule has 1 unspecified atom stereocenters. The normalized spacial score (nSPS) is 20.3. The highest BCUT2D eigenvalue weighted by Gasteiger charge is 2.37. The minimum atomic E-state index is -0.675. The number of aliphatic imine (C=N–C) groups is 1.